The van der Waals surface area contributed by atoms with Gasteiger partial charge in [-0.3, -0.25) is 0 Å². The summed E-state index contributed by atoms with van der Waals surface area (Å²) >= 11 is 0. The summed E-state index contributed by atoms with van der Waals surface area (Å²) in [5.41, 5.74) is 10.3. The van der Waals surface area contributed by atoms with Crippen molar-refractivity contribution in [1.82, 2.24) is 15.1 Å². The first kappa shape index (κ1) is 24.1. The van der Waals surface area contributed by atoms with Crippen molar-refractivity contribution in [3.05, 3.63) is 59.7 Å². The number of likely N-dealkylation sites (tertiary alicyclic amines) is 1. The predicted molar refractivity (Wildman–Crippen MR) is 144 cm³/mol. The highest BCUT2D eigenvalue weighted by Gasteiger charge is 2.23. The van der Waals surface area contributed by atoms with Crippen molar-refractivity contribution < 1.29 is 0 Å². The summed E-state index contributed by atoms with van der Waals surface area (Å²) in [5.74, 6) is 2.41. The van der Waals surface area contributed by atoms with Gasteiger partial charge in [0.2, 0.25) is 5.96 Å². The first-order valence-corrected chi connectivity index (χ1v) is 12.5. The van der Waals surface area contributed by atoms with Gasteiger partial charge in [0.1, 0.15) is 12.0 Å². The highest BCUT2D eigenvalue weighted by molar-refractivity contribution is 5.95. The van der Waals surface area contributed by atoms with E-state index in [0.717, 1.165) is 68.0 Å². The van der Waals surface area contributed by atoms with Crippen LogP contribution in [0.25, 0.3) is 0 Å². The Kier molecular flexibility index (Phi) is 8.06. The van der Waals surface area contributed by atoms with Crippen LogP contribution in [0.15, 0.2) is 58.5 Å². The highest BCUT2D eigenvalue weighted by Crippen LogP contribution is 2.27. The number of anilines is 2. The summed E-state index contributed by atoms with van der Waals surface area (Å²) in [4.78, 5) is 14.8. The van der Waals surface area contributed by atoms with Gasteiger partial charge in [-0.25, -0.2) is 9.98 Å². The van der Waals surface area contributed by atoms with E-state index in [-0.39, 0.29) is 6.17 Å². The van der Waals surface area contributed by atoms with Crippen LogP contribution in [0.4, 0.5) is 11.4 Å². The molecule has 0 aromatic heterocycles. The molecule has 2 atom stereocenters. The summed E-state index contributed by atoms with van der Waals surface area (Å²) in [6, 6.07) is 16.9. The highest BCUT2D eigenvalue weighted by atomic mass is 15.3. The molecule has 2 aliphatic rings. The van der Waals surface area contributed by atoms with Crippen LogP contribution in [-0.2, 0) is 0 Å². The van der Waals surface area contributed by atoms with Crippen molar-refractivity contribution in [2.75, 3.05) is 50.3 Å². The van der Waals surface area contributed by atoms with Crippen LogP contribution >= 0.6 is 0 Å². The SMILES string of the molecule is C/C(=N\C(=N/C(C)Nc1ccc(N)c(C)c1)N1CCNCC1)N1CCCC(c2ccccc2)C1. The second-order valence-corrected chi connectivity index (χ2v) is 9.41. The molecule has 2 aromatic carbocycles. The van der Waals surface area contributed by atoms with E-state index in [1.807, 2.05) is 19.1 Å². The molecule has 0 radical (unpaired) electrons. The molecule has 34 heavy (non-hydrogen) atoms. The van der Waals surface area contributed by atoms with E-state index in [1.165, 1.54) is 18.4 Å². The van der Waals surface area contributed by atoms with Crippen molar-refractivity contribution in [2.45, 2.75) is 45.7 Å². The molecule has 2 unspecified atom stereocenters. The summed E-state index contributed by atoms with van der Waals surface area (Å²) in [7, 11) is 0. The zero-order chi connectivity index (χ0) is 23.9. The number of rotatable bonds is 4. The van der Waals surface area contributed by atoms with Gasteiger partial charge in [-0.15, -0.1) is 0 Å². The molecule has 2 fully saturated rings. The van der Waals surface area contributed by atoms with Gasteiger partial charge in [0.05, 0.1) is 0 Å². The number of nitrogen functional groups attached to an aromatic ring is 1. The second kappa shape index (κ2) is 11.4. The van der Waals surface area contributed by atoms with E-state index in [1.54, 1.807) is 0 Å². The Morgan fingerprint density at radius 1 is 1.09 bits per heavy atom. The maximum Gasteiger partial charge on any atom is 0.224 e. The lowest BCUT2D eigenvalue weighted by Crippen LogP contribution is -2.47. The van der Waals surface area contributed by atoms with E-state index in [0.29, 0.717) is 5.92 Å². The third-order valence-corrected chi connectivity index (χ3v) is 6.77. The molecule has 2 aliphatic heterocycles. The van der Waals surface area contributed by atoms with Crippen LogP contribution < -0.4 is 16.4 Å². The average Bonchev–Trinajstić information content (AvgIpc) is 2.87. The van der Waals surface area contributed by atoms with Gasteiger partial charge in [0.25, 0.3) is 0 Å². The summed E-state index contributed by atoms with van der Waals surface area (Å²) < 4.78 is 0. The molecule has 2 aromatic rings. The molecule has 4 rings (SSSR count). The van der Waals surface area contributed by atoms with Gasteiger partial charge in [-0.2, -0.15) is 0 Å². The van der Waals surface area contributed by atoms with E-state index in [2.05, 4.69) is 70.7 Å². The molecule has 0 amide bonds. The lowest BCUT2D eigenvalue weighted by Gasteiger charge is -2.35. The number of nitrogens with two attached hydrogens (primary N) is 1. The number of piperazine rings is 1. The van der Waals surface area contributed by atoms with E-state index in [9.17, 15) is 0 Å². The van der Waals surface area contributed by atoms with Crippen LogP contribution in [0.1, 0.15) is 43.7 Å². The lowest BCUT2D eigenvalue weighted by molar-refractivity contribution is 0.306. The van der Waals surface area contributed by atoms with Crippen molar-refractivity contribution in [3.8, 4) is 0 Å². The molecule has 0 aliphatic carbocycles. The van der Waals surface area contributed by atoms with Gasteiger partial charge in [0, 0.05) is 56.6 Å². The maximum absolute atomic E-state index is 5.98. The van der Waals surface area contributed by atoms with Crippen LogP contribution in [-0.4, -0.2) is 67.0 Å². The zero-order valence-electron chi connectivity index (χ0n) is 20.8. The number of piperidine rings is 1. The number of nitrogens with zero attached hydrogens (tertiary/aromatic N) is 4. The molecule has 0 spiro atoms. The number of amidine groups is 1. The molecule has 0 saturated carbocycles. The normalized spacial score (nSPS) is 20.9. The van der Waals surface area contributed by atoms with E-state index in [4.69, 9.17) is 15.7 Å². The number of hydrogen-bond donors (Lipinski definition) is 3. The molecule has 182 valence electrons. The Hall–Kier alpha value is -3.06. The van der Waals surface area contributed by atoms with Crippen LogP contribution in [0, 0.1) is 6.92 Å². The van der Waals surface area contributed by atoms with Gasteiger partial charge < -0.3 is 26.2 Å². The molecular weight excluding hydrogens is 422 g/mol. The minimum Gasteiger partial charge on any atom is -0.399 e. The van der Waals surface area contributed by atoms with Crippen molar-refractivity contribution in [2.24, 2.45) is 9.98 Å². The minimum absolute atomic E-state index is 0.108. The fourth-order valence-corrected chi connectivity index (χ4v) is 4.74. The van der Waals surface area contributed by atoms with Crippen molar-refractivity contribution >= 4 is 23.2 Å². The fraction of sp³-hybridized carbons (Fsp3) is 0.481. The van der Waals surface area contributed by atoms with Gasteiger partial charge >= 0.3 is 0 Å². The third kappa shape index (κ3) is 6.29. The fourth-order valence-electron chi connectivity index (χ4n) is 4.74. The molecule has 7 heteroatoms. The number of nitrogens with one attached hydrogen (secondary N) is 2. The van der Waals surface area contributed by atoms with Gasteiger partial charge in [-0.05, 0) is 62.9 Å². The standard InChI is InChI=1S/C27H39N7/c1-20-18-25(11-12-26(20)28)30-21(2)31-27(33-16-13-29-14-17-33)32-22(3)34-15-7-10-24(19-34)23-8-5-4-6-9-23/h4-6,8-9,11-12,18,21,24,29-30H,7,10,13-17,19,28H2,1-3H3/b31-27+,32-22+. The largest absolute Gasteiger partial charge is 0.399 e. The lowest BCUT2D eigenvalue weighted by atomic mass is 9.90. The first-order chi connectivity index (χ1) is 16.5. The maximum atomic E-state index is 5.98. The van der Waals surface area contributed by atoms with Crippen LogP contribution in [0.5, 0.6) is 0 Å². The number of guanidine groups is 1. The quantitative estimate of drug-likeness (QED) is 0.366. The molecule has 4 N–H and O–H groups in total. The average molecular weight is 462 g/mol. The Bertz CT molecular complexity index is 995. The molecule has 7 nitrogen and oxygen atoms in total. The summed E-state index contributed by atoms with van der Waals surface area (Å²) in [6.45, 7) is 12.0. The van der Waals surface area contributed by atoms with Gasteiger partial charge in [-0.1, -0.05) is 30.3 Å². The predicted octanol–water partition coefficient (Wildman–Crippen LogP) is 3.89. The number of hydrogen-bond acceptors (Lipinski definition) is 4. The minimum atomic E-state index is -0.108. The molecule has 0 bridgehead atoms. The smallest absolute Gasteiger partial charge is 0.224 e. The Balaban J connectivity index is 1.51. The Labute approximate surface area is 204 Å². The molecule has 2 saturated heterocycles. The monoisotopic (exact) mass is 461 g/mol. The van der Waals surface area contributed by atoms with Crippen LogP contribution in [0.3, 0.4) is 0 Å². The van der Waals surface area contributed by atoms with Crippen LogP contribution in [0.2, 0.25) is 0 Å². The molecular formula is C27H39N7. The third-order valence-electron chi connectivity index (χ3n) is 6.77. The first-order valence-electron chi connectivity index (χ1n) is 12.5. The van der Waals surface area contributed by atoms with Crippen molar-refractivity contribution in [1.29, 1.82) is 0 Å². The van der Waals surface area contributed by atoms with E-state index >= 15 is 0 Å². The molecule has 2 heterocycles. The van der Waals surface area contributed by atoms with Gasteiger partial charge in [0.15, 0.2) is 0 Å². The Morgan fingerprint density at radius 3 is 2.59 bits per heavy atom. The zero-order valence-corrected chi connectivity index (χ0v) is 20.8. The number of aryl methyl sites for hydroxylation is 1. The topological polar surface area (TPSA) is 81.3 Å². The van der Waals surface area contributed by atoms with E-state index < -0.39 is 0 Å². The Morgan fingerprint density at radius 2 is 1.85 bits per heavy atom. The number of benzene rings is 2. The summed E-state index contributed by atoms with van der Waals surface area (Å²) in [6.07, 6.45) is 2.30. The number of aliphatic imine (C=N–C) groups is 2. The van der Waals surface area contributed by atoms with Crippen molar-refractivity contribution in [3.63, 3.8) is 0 Å². The summed E-state index contributed by atoms with van der Waals surface area (Å²) in [5, 5.41) is 6.92. The second-order valence-electron chi connectivity index (χ2n) is 9.41.